The van der Waals surface area contributed by atoms with E-state index in [2.05, 4.69) is 5.32 Å². The van der Waals surface area contributed by atoms with Crippen molar-refractivity contribution in [3.8, 4) is 5.75 Å². The molecule has 0 spiro atoms. The first-order valence-electron chi connectivity index (χ1n) is 6.28. The number of rotatable bonds is 8. The molecule has 1 unspecified atom stereocenters. The Morgan fingerprint density at radius 3 is 2.61 bits per heavy atom. The van der Waals surface area contributed by atoms with Crippen molar-refractivity contribution in [1.82, 2.24) is 5.32 Å². The Balaban J connectivity index is 2.25. The number of hydrogen-bond acceptors (Lipinski definition) is 3. The van der Waals surface area contributed by atoms with E-state index in [4.69, 9.17) is 9.84 Å². The average Bonchev–Trinajstić information content (AvgIpc) is 2.36. The van der Waals surface area contributed by atoms with E-state index in [0.717, 1.165) is 18.7 Å². The fourth-order valence-electron chi connectivity index (χ4n) is 1.56. The summed E-state index contributed by atoms with van der Waals surface area (Å²) >= 11 is 0. The van der Waals surface area contributed by atoms with Crippen molar-refractivity contribution in [2.24, 2.45) is 5.92 Å². The summed E-state index contributed by atoms with van der Waals surface area (Å²) in [5, 5.41) is 11.9. The maximum absolute atomic E-state index is 10.6. The Kier molecular flexibility index (Phi) is 6.22. The van der Waals surface area contributed by atoms with Crippen molar-refractivity contribution in [3.05, 3.63) is 29.8 Å². The smallest absolute Gasteiger partial charge is 0.307 e. The van der Waals surface area contributed by atoms with Crippen LogP contribution in [0.5, 0.6) is 5.75 Å². The third-order valence-corrected chi connectivity index (χ3v) is 2.70. The molecule has 0 saturated heterocycles. The highest BCUT2D eigenvalue weighted by molar-refractivity contribution is 5.69. The zero-order chi connectivity index (χ0) is 13.4. The van der Waals surface area contributed by atoms with Crippen molar-refractivity contribution in [2.75, 3.05) is 19.7 Å². The van der Waals surface area contributed by atoms with Crippen molar-refractivity contribution in [1.29, 1.82) is 0 Å². The number of carbonyl (C=O) groups is 1. The average molecular weight is 251 g/mol. The molecule has 0 aliphatic rings. The van der Waals surface area contributed by atoms with E-state index >= 15 is 0 Å². The fourth-order valence-corrected chi connectivity index (χ4v) is 1.56. The Hall–Kier alpha value is -1.55. The predicted molar refractivity (Wildman–Crippen MR) is 71.0 cm³/mol. The summed E-state index contributed by atoms with van der Waals surface area (Å²) in [5.74, 6) is -0.220. The van der Waals surface area contributed by atoms with E-state index in [-0.39, 0.29) is 5.92 Å². The molecule has 0 bridgehead atoms. The molecule has 0 fully saturated rings. The molecule has 0 aliphatic carbocycles. The van der Waals surface area contributed by atoms with Gasteiger partial charge in [-0.15, -0.1) is 0 Å². The molecule has 0 amide bonds. The lowest BCUT2D eigenvalue weighted by Gasteiger charge is -2.08. The molecule has 100 valence electrons. The highest BCUT2D eigenvalue weighted by Crippen LogP contribution is 2.12. The molecule has 1 rings (SSSR count). The van der Waals surface area contributed by atoms with Crippen molar-refractivity contribution >= 4 is 5.97 Å². The van der Waals surface area contributed by atoms with Gasteiger partial charge in [-0.3, -0.25) is 4.79 Å². The minimum atomic E-state index is -0.761. The summed E-state index contributed by atoms with van der Waals surface area (Å²) < 4.78 is 5.36. The number of benzene rings is 1. The minimum absolute atomic E-state index is 0.342. The van der Waals surface area contributed by atoms with Gasteiger partial charge in [0.15, 0.2) is 0 Å². The van der Waals surface area contributed by atoms with Gasteiger partial charge in [0.2, 0.25) is 0 Å². The Morgan fingerprint density at radius 2 is 2.06 bits per heavy atom. The van der Waals surface area contributed by atoms with Crippen molar-refractivity contribution in [3.63, 3.8) is 0 Å². The van der Waals surface area contributed by atoms with E-state index in [1.54, 1.807) is 6.92 Å². The molecule has 1 atom stereocenters. The van der Waals surface area contributed by atoms with Gasteiger partial charge in [0.05, 0.1) is 12.5 Å². The third-order valence-electron chi connectivity index (χ3n) is 2.70. The van der Waals surface area contributed by atoms with Crippen LogP contribution in [0.1, 0.15) is 19.4 Å². The van der Waals surface area contributed by atoms with Crippen LogP contribution >= 0.6 is 0 Å². The van der Waals surface area contributed by atoms with E-state index in [1.807, 2.05) is 31.2 Å². The molecule has 0 aromatic heterocycles. The molecular weight excluding hydrogens is 230 g/mol. The lowest BCUT2D eigenvalue weighted by Crippen LogP contribution is -2.27. The molecule has 0 heterocycles. The van der Waals surface area contributed by atoms with Crippen LogP contribution in [0.3, 0.4) is 0 Å². The molecule has 18 heavy (non-hydrogen) atoms. The highest BCUT2D eigenvalue weighted by atomic mass is 16.5. The van der Waals surface area contributed by atoms with Crippen LogP contribution in [0.25, 0.3) is 0 Å². The molecular formula is C14H21NO3. The number of carboxylic acid groups (broad SMARTS) is 1. The Labute approximate surface area is 108 Å². The number of ether oxygens (including phenoxy) is 1. The summed E-state index contributed by atoms with van der Waals surface area (Å²) in [7, 11) is 0. The number of carboxylic acids is 1. The quantitative estimate of drug-likeness (QED) is 0.693. The van der Waals surface area contributed by atoms with Gasteiger partial charge in [-0.05, 0) is 37.6 Å². The zero-order valence-electron chi connectivity index (χ0n) is 11.0. The molecule has 1 aromatic carbocycles. The standard InChI is InChI=1S/C14H21NO3/c1-3-18-13-6-4-12(5-7-13)8-9-15-10-11(2)14(16)17/h4-7,11,15H,3,8-10H2,1-2H3,(H,16,17). The highest BCUT2D eigenvalue weighted by Gasteiger charge is 2.09. The first kappa shape index (κ1) is 14.5. The maximum Gasteiger partial charge on any atom is 0.307 e. The van der Waals surface area contributed by atoms with Gasteiger partial charge in [0.25, 0.3) is 0 Å². The summed E-state index contributed by atoms with van der Waals surface area (Å²) in [6.07, 6.45) is 0.888. The second kappa shape index (κ2) is 7.71. The molecule has 2 N–H and O–H groups in total. The largest absolute Gasteiger partial charge is 0.494 e. The predicted octanol–water partition coefficient (Wildman–Crippen LogP) is 1.94. The zero-order valence-corrected chi connectivity index (χ0v) is 11.0. The second-order valence-electron chi connectivity index (χ2n) is 4.27. The van der Waals surface area contributed by atoms with E-state index < -0.39 is 5.97 Å². The number of nitrogens with one attached hydrogen (secondary N) is 1. The second-order valence-corrected chi connectivity index (χ2v) is 4.27. The van der Waals surface area contributed by atoms with Gasteiger partial charge >= 0.3 is 5.97 Å². The number of aliphatic carboxylic acids is 1. The van der Waals surface area contributed by atoms with Gasteiger partial charge in [-0.1, -0.05) is 19.1 Å². The molecule has 0 aliphatic heterocycles. The third kappa shape index (κ3) is 5.19. The van der Waals surface area contributed by atoms with Gasteiger partial charge in [-0.2, -0.15) is 0 Å². The first-order chi connectivity index (χ1) is 8.63. The van der Waals surface area contributed by atoms with Crippen LogP contribution in [-0.4, -0.2) is 30.8 Å². The van der Waals surface area contributed by atoms with Gasteiger partial charge in [0, 0.05) is 6.54 Å². The molecule has 4 heteroatoms. The molecule has 0 saturated carbocycles. The van der Waals surface area contributed by atoms with Gasteiger partial charge in [-0.25, -0.2) is 0 Å². The SMILES string of the molecule is CCOc1ccc(CCNCC(C)C(=O)O)cc1. The first-order valence-corrected chi connectivity index (χ1v) is 6.28. The van der Waals surface area contributed by atoms with E-state index in [9.17, 15) is 4.79 Å². The van der Waals surface area contributed by atoms with Crippen LogP contribution in [0.4, 0.5) is 0 Å². The van der Waals surface area contributed by atoms with Gasteiger partial charge < -0.3 is 15.2 Å². The summed E-state index contributed by atoms with van der Waals surface area (Å²) in [6, 6.07) is 7.98. The van der Waals surface area contributed by atoms with Crippen molar-refractivity contribution in [2.45, 2.75) is 20.3 Å². The monoisotopic (exact) mass is 251 g/mol. The Bertz CT molecular complexity index is 362. The van der Waals surface area contributed by atoms with Crippen molar-refractivity contribution < 1.29 is 14.6 Å². The minimum Gasteiger partial charge on any atom is -0.494 e. The van der Waals surface area contributed by atoms with Crippen LogP contribution < -0.4 is 10.1 Å². The fraction of sp³-hybridized carbons (Fsp3) is 0.500. The maximum atomic E-state index is 10.6. The van der Waals surface area contributed by atoms with Gasteiger partial charge in [0.1, 0.15) is 5.75 Å². The lowest BCUT2D eigenvalue weighted by molar-refractivity contribution is -0.140. The van der Waals surface area contributed by atoms with Crippen LogP contribution in [0, 0.1) is 5.92 Å². The molecule has 4 nitrogen and oxygen atoms in total. The normalized spacial score (nSPS) is 12.1. The summed E-state index contributed by atoms with van der Waals surface area (Å²) in [6.45, 7) is 5.62. The lowest BCUT2D eigenvalue weighted by atomic mass is 10.1. The molecule has 0 radical (unpaired) electrons. The topological polar surface area (TPSA) is 58.6 Å². The summed E-state index contributed by atoms with van der Waals surface area (Å²) in [4.78, 5) is 10.6. The van der Waals surface area contributed by atoms with Crippen LogP contribution in [-0.2, 0) is 11.2 Å². The molecule has 1 aromatic rings. The Morgan fingerprint density at radius 1 is 1.39 bits per heavy atom. The van der Waals surface area contributed by atoms with Crippen LogP contribution in [0.2, 0.25) is 0 Å². The summed E-state index contributed by atoms with van der Waals surface area (Å²) in [5.41, 5.74) is 1.22. The van der Waals surface area contributed by atoms with Crippen LogP contribution in [0.15, 0.2) is 24.3 Å². The number of hydrogen-bond donors (Lipinski definition) is 2. The van der Waals surface area contributed by atoms with E-state index in [1.165, 1.54) is 5.56 Å². The van der Waals surface area contributed by atoms with E-state index in [0.29, 0.717) is 13.2 Å².